The summed E-state index contributed by atoms with van der Waals surface area (Å²) in [6.07, 6.45) is 1.82. The van der Waals surface area contributed by atoms with Crippen molar-refractivity contribution in [3.8, 4) is 5.75 Å². The van der Waals surface area contributed by atoms with Crippen LogP contribution >= 0.6 is 0 Å². The third-order valence-electron chi connectivity index (χ3n) is 4.94. The van der Waals surface area contributed by atoms with Crippen LogP contribution in [0.5, 0.6) is 5.75 Å². The minimum absolute atomic E-state index is 0.127. The number of hydrogen-bond acceptors (Lipinski definition) is 6. The van der Waals surface area contributed by atoms with Crippen LogP contribution in [0.4, 0.5) is 0 Å². The Hall–Kier alpha value is -3.69. The molecule has 0 spiro atoms. The fourth-order valence-corrected chi connectivity index (χ4v) is 7.07. The molecule has 0 aliphatic heterocycles. The molecule has 0 bridgehead atoms. The monoisotopic (exact) mass is 511 g/mol. The number of methoxy groups -OCH3 is 1. The molecule has 3 rings (SSSR count). The zero-order valence-corrected chi connectivity index (χ0v) is 21.1. The van der Waals surface area contributed by atoms with E-state index >= 15 is 0 Å². The Morgan fingerprint density at radius 2 is 1.20 bits per heavy atom. The van der Waals surface area contributed by atoms with Crippen LogP contribution in [-0.2, 0) is 24.8 Å². The van der Waals surface area contributed by atoms with E-state index in [0.717, 1.165) is 5.57 Å². The quantitative estimate of drug-likeness (QED) is 0.236. The van der Waals surface area contributed by atoms with E-state index in [1.807, 2.05) is 0 Å². The van der Waals surface area contributed by atoms with E-state index in [1.54, 1.807) is 56.3 Å². The molecule has 35 heavy (non-hydrogen) atoms. The zero-order valence-electron chi connectivity index (χ0n) is 19.5. The Labute approximate surface area is 206 Å². The number of aldehydes is 1. The summed E-state index contributed by atoms with van der Waals surface area (Å²) >= 11 is 0. The van der Waals surface area contributed by atoms with Gasteiger partial charge in [0.2, 0.25) is 0 Å². The van der Waals surface area contributed by atoms with Crippen molar-refractivity contribution < 1.29 is 26.4 Å². The van der Waals surface area contributed by atoms with E-state index in [-0.39, 0.29) is 25.4 Å². The first kappa shape index (κ1) is 25.9. The van der Waals surface area contributed by atoms with Crippen molar-refractivity contribution in [3.63, 3.8) is 0 Å². The fourth-order valence-electron chi connectivity index (χ4n) is 3.33. The summed E-state index contributed by atoms with van der Waals surface area (Å²) in [4.78, 5) is 12.0. The molecule has 9 heteroatoms. The van der Waals surface area contributed by atoms with Crippen LogP contribution in [0.1, 0.15) is 19.4 Å². The molecule has 0 heterocycles. The van der Waals surface area contributed by atoms with Gasteiger partial charge in [0.05, 0.1) is 16.9 Å². The third kappa shape index (κ3) is 5.52. The van der Waals surface area contributed by atoms with Crippen LogP contribution in [-0.4, -0.2) is 33.9 Å². The Morgan fingerprint density at radius 1 is 0.743 bits per heavy atom. The minimum atomic E-state index is -4.72. The second kappa shape index (κ2) is 10.7. The largest absolute Gasteiger partial charge is 0.497 e. The summed E-state index contributed by atoms with van der Waals surface area (Å²) < 4.78 is 60.6. The number of benzene rings is 3. The number of rotatable bonds is 9. The average Bonchev–Trinajstić information content (AvgIpc) is 2.86. The van der Waals surface area contributed by atoms with Gasteiger partial charge in [0.1, 0.15) is 11.4 Å². The summed E-state index contributed by atoms with van der Waals surface area (Å²) in [5.41, 5.74) is 0.751. The van der Waals surface area contributed by atoms with Crippen molar-refractivity contribution in [1.29, 1.82) is 0 Å². The van der Waals surface area contributed by atoms with E-state index in [2.05, 4.69) is 0 Å². The highest BCUT2D eigenvalue weighted by Gasteiger charge is 2.39. The standard InChI is InChI=1S/C26H25NO6S2/c1-20(2)18-25(21-14-16-22(33-3)17-15-21)26(19-28)27(34(29,30)23-10-6-4-7-11-23)35(31,32)24-12-8-5-9-13-24/h4-19H,1-3H3/b26-25+. The van der Waals surface area contributed by atoms with Crippen LogP contribution < -0.4 is 4.74 Å². The summed E-state index contributed by atoms with van der Waals surface area (Å²) in [5, 5.41) is 0. The normalized spacial score (nSPS) is 12.3. The number of carbonyl (C=O) groups is 1. The topological polar surface area (TPSA) is 97.8 Å². The van der Waals surface area contributed by atoms with Crippen LogP contribution in [0.2, 0.25) is 0 Å². The summed E-state index contributed by atoms with van der Waals surface area (Å²) in [6.45, 7) is 3.52. The van der Waals surface area contributed by atoms with Crippen LogP contribution in [0, 0.1) is 0 Å². The highest BCUT2D eigenvalue weighted by molar-refractivity contribution is 8.04. The predicted octanol–water partition coefficient (Wildman–Crippen LogP) is 4.65. The zero-order chi connectivity index (χ0) is 25.6. The Balaban J connectivity index is 2.44. The van der Waals surface area contributed by atoms with Crippen molar-refractivity contribution in [2.45, 2.75) is 23.6 Å². The summed E-state index contributed by atoms with van der Waals surface area (Å²) in [5.74, 6) is 0.545. The molecule has 0 saturated carbocycles. The van der Waals surface area contributed by atoms with Gasteiger partial charge < -0.3 is 4.74 Å². The van der Waals surface area contributed by atoms with Gasteiger partial charge >= 0.3 is 0 Å². The number of hydrogen-bond donors (Lipinski definition) is 0. The maximum absolute atomic E-state index is 13.8. The second-order valence-electron chi connectivity index (χ2n) is 7.70. The van der Waals surface area contributed by atoms with Gasteiger partial charge in [-0.05, 0) is 55.8 Å². The fraction of sp³-hybridized carbons (Fsp3) is 0.115. The molecule has 0 atom stereocenters. The van der Waals surface area contributed by atoms with Gasteiger partial charge in [-0.25, -0.2) is 16.8 Å². The Kier molecular flexibility index (Phi) is 7.93. The van der Waals surface area contributed by atoms with Crippen molar-refractivity contribution in [1.82, 2.24) is 3.71 Å². The lowest BCUT2D eigenvalue weighted by Gasteiger charge is -2.25. The number of ether oxygens (including phenoxy) is 1. The van der Waals surface area contributed by atoms with Gasteiger partial charge in [-0.3, -0.25) is 4.79 Å². The molecule has 0 N–H and O–H groups in total. The molecule has 7 nitrogen and oxygen atoms in total. The maximum Gasteiger partial charge on any atom is 0.277 e. The van der Waals surface area contributed by atoms with E-state index in [4.69, 9.17) is 4.74 Å². The van der Waals surface area contributed by atoms with Gasteiger partial charge in [0.15, 0.2) is 6.29 Å². The van der Waals surface area contributed by atoms with Crippen molar-refractivity contribution in [2.75, 3.05) is 7.11 Å². The Morgan fingerprint density at radius 3 is 1.57 bits per heavy atom. The van der Waals surface area contributed by atoms with E-state index in [0.29, 0.717) is 11.3 Å². The van der Waals surface area contributed by atoms with Gasteiger partial charge in [0.25, 0.3) is 20.0 Å². The lowest BCUT2D eigenvalue weighted by atomic mass is 10.0. The summed E-state index contributed by atoms with van der Waals surface area (Å²) in [6, 6.07) is 20.8. The SMILES string of the molecule is COc1ccc(/C(C=C(C)C)=C(\C=O)N(S(=O)(=O)c2ccccc2)S(=O)(=O)c2ccccc2)cc1. The van der Waals surface area contributed by atoms with Gasteiger partial charge in [-0.1, -0.05) is 60.2 Å². The summed E-state index contributed by atoms with van der Waals surface area (Å²) in [7, 11) is -7.94. The van der Waals surface area contributed by atoms with Crippen molar-refractivity contribution >= 4 is 31.9 Å². The number of nitrogens with zero attached hydrogens (tertiary/aromatic N) is 1. The molecular weight excluding hydrogens is 486 g/mol. The minimum Gasteiger partial charge on any atom is -0.497 e. The molecule has 0 saturated heterocycles. The van der Waals surface area contributed by atoms with Crippen LogP contribution in [0.3, 0.4) is 0 Å². The van der Waals surface area contributed by atoms with Crippen LogP contribution in [0.15, 0.2) is 112 Å². The van der Waals surface area contributed by atoms with E-state index in [1.165, 1.54) is 55.6 Å². The predicted molar refractivity (Wildman–Crippen MR) is 135 cm³/mol. The molecule has 3 aromatic rings. The average molecular weight is 512 g/mol. The lowest BCUT2D eigenvalue weighted by molar-refractivity contribution is -0.105. The molecule has 0 radical (unpaired) electrons. The van der Waals surface area contributed by atoms with Crippen molar-refractivity contribution in [2.24, 2.45) is 0 Å². The molecule has 0 unspecified atom stereocenters. The molecular formula is C26H25NO6S2. The highest BCUT2D eigenvalue weighted by Crippen LogP contribution is 2.33. The van der Waals surface area contributed by atoms with Gasteiger partial charge in [0, 0.05) is 5.57 Å². The molecule has 0 amide bonds. The molecule has 0 fully saturated rings. The highest BCUT2D eigenvalue weighted by atomic mass is 32.3. The first-order valence-electron chi connectivity index (χ1n) is 10.5. The first-order chi connectivity index (χ1) is 16.6. The van der Waals surface area contributed by atoms with Crippen molar-refractivity contribution in [3.05, 3.63) is 108 Å². The molecule has 0 aliphatic carbocycles. The lowest BCUT2D eigenvalue weighted by Crippen LogP contribution is -2.37. The first-order valence-corrected chi connectivity index (χ1v) is 13.4. The number of carbonyl (C=O) groups excluding carboxylic acids is 1. The van der Waals surface area contributed by atoms with Crippen LogP contribution in [0.25, 0.3) is 5.57 Å². The van der Waals surface area contributed by atoms with E-state index in [9.17, 15) is 21.6 Å². The molecule has 182 valence electrons. The molecule has 0 aromatic heterocycles. The van der Waals surface area contributed by atoms with Gasteiger partial charge in [-0.2, -0.15) is 3.71 Å². The molecule has 0 aliphatic rings. The van der Waals surface area contributed by atoms with Gasteiger partial charge in [-0.15, -0.1) is 0 Å². The number of allylic oxidation sites excluding steroid dienone is 4. The smallest absolute Gasteiger partial charge is 0.277 e. The maximum atomic E-state index is 13.8. The van der Waals surface area contributed by atoms with E-state index < -0.39 is 25.7 Å². The number of sulfonamides is 2. The second-order valence-corrected chi connectivity index (χ2v) is 11.5. The molecule has 3 aromatic carbocycles. The third-order valence-corrected chi connectivity index (χ3v) is 9.12. The Bertz CT molecular complexity index is 1390.